The first-order chi connectivity index (χ1) is 7.65. The number of halogens is 1. The Hall–Kier alpha value is -0.480. The highest BCUT2D eigenvalue weighted by Crippen LogP contribution is 2.24. The smallest absolute Gasteiger partial charge is 0.163 e. The van der Waals surface area contributed by atoms with Crippen LogP contribution in [0.4, 0.5) is 0 Å². The summed E-state index contributed by atoms with van der Waals surface area (Å²) < 4.78 is 6.54. The molecule has 16 heavy (non-hydrogen) atoms. The Balaban J connectivity index is 2.68. The van der Waals surface area contributed by atoms with Gasteiger partial charge in [-0.1, -0.05) is 22.9 Å². The fourth-order valence-corrected chi connectivity index (χ4v) is 2.09. The third kappa shape index (κ3) is 4.18. The van der Waals surface area contributed by atoms with Crippen LogP contribution in [0.3, 0.4) is 0 Å². The second-order valence-electron chi connectivity index (χ2n) is 3.24. The Morgan fingerprint density at radius 2 is 2.25 bits per heavy atom. The molecular formula is C12H15BrO2S. The fourth-order valence-electron chi connectivity index (χ4n) is 1.26. The van der Waals surface area contributed by atoms with E-state index in [-0.39, 0.29) is 5.78 Å². The Kier molecular flexibility index (Phi) is 5.91. The highest BCUT2D eigenvalue weighted by atomic mass is 79.9. The molecule has 1 rings (SSSR count). The lowest BCUT2D eigenvalue weighted by Crippen LogP contribution is -2.04. The molecule has 0 aliphatic carbocycles. The van der Waals surface area contributed by atoms with Crippen molar-refractivity contribution < 1.29 is 9.53 Å². The van der Waals surface area contributed by atoms with E-state index in [0.717, 1.165) is 16.0 Å². The SMILES string of the molecule is CCSCCOc1cc(Br)ccc1C(C)=O. The van der Waals surface area contributed by atoms with Crippen LogP contribution in [0, 0.1) is 0 Å². The topological polar surface area (TPSA) is 26.3 Å². The number of hydrogen-bond donors (Lipinski definition) is 0. The van der Waals surface area contributed by atoms with Crippen molar-refractivity contribution in [1.29, 1.82) is 0 Å². The minimum absolute atomic E-state index is 0.0330. The van der Waals surface area contributed by atoms with Crippen molar-refractivity contribution in [2.24, 2.45) is 0 Å². The zero-order chi connectivity index (χ0) is 12.0. The van der Waals surface area contributed by atoms with Crippen LogP contribution in [0.25, 0.3) is 0 Å². The summed E-state index contributed by atoms with van der Waals surface area (Å²) in [6, 6.07) is 5.48. The molecule has 1 aromatic rings. The molecule has 0 saturated heterocycles. The number of ketones is 1. The monoisotopic (exact) mass is 302 g/mol. The average Bonchev–Trinajstić information content (AvgIpc) is 2.24. The number of rotatable bonds is 6. The van der Waals surface area contributed by atoms with Crippen LogP contribution in [0.2, 0.25) is 0 Å². The number of ether oxygens (including phenoxy) is 1. The molecule has 1 aromatic carbocycles. The van der Waals surface area contributed by atoms with Crippen molar-refractivity contribution >= 4 is 33.5 Å². The Morgan fingerprint density at radius 1 is 1.50 bits per heavy atom. The number of benzene rings is 1. The summed E-state index contributed by atoms with van der Waals surface area (Å²) in [4.78, 5) is 11.4. The standard InChI is InChI=1S/C12H15BrO2S/c1-3-16-7-6-15-12-8-10(13)4-5-11(12)9(2)14/h4-5,8H,3,6-7H2,1-2H3. The highest BCUT2D eigenvalue weighted by molar-refractivity contribution is 9.10. The van der Waals surface area contributed by atoms with E-state index in [9.17, 15) is 4.79 Å². The van der Waals surface area contributed by atoms with Crippen LogP contribution in [0.15, 0.2) is 22.7 Å². The lowest BCUT2D eigenvalue weighted by molar-refractivity contribution is 0.101. The molecule has 0 bridgehead atoms. The van der Waals surface area contributed by atoms with Crippen LogP contribution in [-0.4, -0.2) is 23.9 Å². The summed E-state index contributed by atoms with van der Waals surface area (Å²) in [6.45, 7) is 4.30. The number of hydrogen-bond acceptors (Lipinski definition) is 3. The molecule has 0 aliphatic rings. The van der Waals surface area contributed by atoms with Crippen molar-refractivity contribution in [2.75, 3.05) is 18.1 Å². The summed E-state index contributed by atoms with van der Waals surface area (Å²) in [5.41, 5.74) is 0.643. The Labute approximate surface area is 109 Å². The summed E-state index contributed by atoms with van der Waals surface area (Å²) in [5, 5.41) is 0. The first-order valence-corrected chi connectivity index (χ1v) is 7.11. The highest BCUT2D eigenvalue weighted by Gasteiger charge is 2.08. The van der Waals surface area contributed by atoms with E-state index in [1.54, 1.807) is 13.0 Å². The van der Waals surface area contributed by atoms with Gasteiger partial charge >= 0.3 is 0 Å². The minimum Gasteiger partial charge on any atom is -0.492 e. The molecular weight excluding hydrogens is 288 g/mol. The molecule has 0 aliphatic heterocycles. The van der Waals surface area contributed by atoms with Gasteiger partial charge in [0.2, 0.25) is 0 Å². The molecule has 0 spiro atoms. The molecule has 2 nitrogen and oxygen atoms in total. The molecule has 0 amide bonds. The van der Waals surface area contributed by atoms with Crippen LogP contribution in [-0.2, 0) is 0 Å². The van der Waals surface area contributed by atoms with Crippen LogP contribution in [0.1, 0.15) is 24.2 Å². The second kappa shape index (κ2) is 6.97. The number of carbonyl (C=O) groups excluding carboxylic acids is 1. The van der Waals surface area contributed by atoms with Gasteiger partial charge in [-0.3, -0.25) is 4.79 Å². The normalized spacial score (nSPS) is 10.2. The van der Waals surface area contributed by atoms with E-state index >= 15 is 0 Å². The van der Waals surface area contributed by atoms with Gasteiger partial charge in [-0.2, -0.15) is 11.8 Å². The van der Waals surface area contributed by atoms with Gasteiger partial charge in [0.15, 0.2) is 5.78 Å². The predicted octanol–water partition coefficient (Wildman–Crippen LogP) is 3.78. The quantitative estimate of drug-likeness (QED) is 0.591. The Bertz CT molecular complexity index is 366. The maximum Gasteiger partial charge on any atom is 0.163 e. The van der Waals surface area contributed by atoms with E-state index < -0.39 is 0 Å². The van der Waals surface area contributed by atoms with E-state index in [1.165, 1.54) is 0 Å². The molecule has 0 saturated carbocycles. The summed E-state index contributed by atoms with van der Waals surface area (Å²) >= 11 is 5.20. The molecule has 4 heteroatoms. The average molecular weight is 303 g/mol. The number of carbonyl (C=O) groups is 1. The van der Waals surface area contributed by atoms with Crippen LogP contribution >= 0.6 is 27.7 Å². The third-order valence-electron chi connectivity index (χ3n) is 2.01. The predicted molar refractivity (Wildman–Crippen MR) is 72.6 cm³/mol. The Morgan fingerprint density at radius 3 is 2.88 bits per heavy atom. The molecule has 0 unspecified atom stereocenters. The molecule has 0 N–H and O–H groups in total. The van der Waals surface area contributed by atoms with Gasteiger partial charge in [0, 0.05) is 10.2 Å². The number of thioether (sulfide) groups is 1. The van der Waals surface area contributed by atoms with E-state index in [2.05, 4.69) is 22.9 Å². The maximum atomic E-state index is 11.4. The van der Waals surface area contributed by atoms with Crippen molar-refractivity contribution in [2.45, 2.75) is 13.8 Å². The van der Waals surface area contributed by atoms with E-state index in [0.29, 0.717) is 17.9 Å². The second-order valence-corrected chi connectivity index (χ2v) is 5.55. The first-order valence-electron chi connectivity index (χ1n) is 5.16. The van der Waals surface area contributed by atoms with Gasteiger partial charge in [0.25, 0.3) is 0 Å². The largest absolute Gasteiger partial charge is 0.492 e. The molecule has 0 heterocycles. The summed E-state index contributed by atoms with van der Waals surface area (Å²) in [7, 11) is 0. The van der Waals surface area contributed by atoms with Gasteiger partial charge in [-0.15, -0.1) is 0 Å². The lowest BCUT2D eigenvalue weighted by Gasteiger charge is -2.09. The van der Waals surface area contributed by atoms with Gasteiger partial charge < -0.3 is 4.74 Å². The third-order valence-corrected chi connectivity index (χ3v) is 3.37. The van der Waals surface area contributed by atoms with E-state index in [1.807, 2.05) is 23.9 Å². The fraction of sp³-hybridized carbons (Fsp3) is 0.417. The van der Waals surface area contributed by atoms with Crippen molar-refractivity contribution in [1.82, 2.24) is 0 Å². The lowest BCUT2D eigenvalue weighted by atomic mass is 10.1. The van der Waals surface area contributed by atoms with Gasteiger partial charge in [-0.25, -0.2) is 0 Å². The molecule has 0 aromatic heterocycles. The molecule has 0 radical (unpaired) electrons. The number of Topliss-reactive ketones (excluding diaryl/α,β-unsaturated/α-hetero) is 1. The summed E-state index contributed by atoms with van der Waals surface area (Å²) in [5.74, 6) is 2.73. The van der Waals surface area contributed by atoms with Crippen LogP contribution < -0.4 is 4.74 Å². The van der Waals surface area contributed by atoms with Gasteiger partial charge in [-0.05, 0) is 30.9 Å². The zero-order valence-electron chi connectivity index (χ0n) is 9.46. The molecule has 0 atom stereocenters. The van der Waals surface area contributed by atoms with Crippen molar-refractivity contribution in [3.8, 4) is 5.75 Å². The van der Waals surface area contributed by atoms with E-state index in [4.69, 9.17) is 4.74 Å². The first kappa shape index (κ1) is 13.6. The maximum absolute atomic E-state index is 11.4. The molecule has 0 fully saturated rings. The molecule has 88 valence electrons. The van der Waals surface area contributed by atoms with Gasteiger partial charge in [0.05, 0.1) is 12.2 Å². The summed E-state index contributed by atoms with van der Waals surface area (Å²) in [6.07, 6.45) is 0. The van der Waals surface area contributed by atoms with Crippen molar-refractivity contribution in [3.63, 3.8) is 0 Å². The van der Waals surface area contributed by atoms with Gasteiger partial charge in [0.1, 0.15) is 5.75 Å². The minimum atomic E-state index is 0.0330. The van der Waals surface area contributed by atoms with Crippen LogP contribution in [0.5, 0.6) is 5.75 Å². The van der Waals surface area contributed by atoms with Crippen molar-refractivity contribution in [3.05, 3.63) is 28.2 Å². The zero-order valence-corrected chi connectivity index (χ0v) is 11.9.